The second kappa shape index (κ2) is 12.8. The van der Waals surface area contributed by atoms with E-state index in [0.717, 1.165) is 23.1 Å². The van der Waals surface area contributed by atoms with Gasteiger partial charge in [0.15, 0.2) is 0 Å². The van der Waals surface area contributed by atoms with Crippen molar-refractivity contribution in [1.82, 2.24) is 0 Å². The number of benzene rings is 2. The Kier molecular flexibility index (Phi) is 9.92. The van der Waals surface area contributed by atoms with Gasteiger partial charge in [-0.2, -0.15) is 0 Å². The maximum Gasteiger partial charge on any atom is 0.0249 e. The van der Waals surface area contributed by atoms with Crippen LogP contribution in [-0.2, 0) is 6.42 Å². The molecule has 0 aliphatic rings. The van der Waals surface area contributed by atoms with E-state index in [2.05, 4.69) is 86.1 Å². The van der Waals surface area contributed by atoms with Crippen molar-refractivity contribution in [3.05, 3.63) is 70.8 Å². The first-order chi connectivity index (χ1) is 13.3. The van der Waals surface area contributed by atoms with Gasteiger partial charge in [0.2, 0.25) is 0 Å². The van der Waals surface area contributed by atoms with Crippen molar-refractivity contribution >= 4 is 0 Å². The molecule has 140 valence electrons. The standard InChI is InChI=1S/C27H32/c1-3-5-7-8-9-11-13-25-16-20-27(21-17-25)23-22-26-18-14-24(15-19-26)12-10-6-4-2/h14-21H,3-10,12H2,1-2H3. The third-order valence-electron chi connectivity index (χ3n) is 4.65. The molecule has 0 atom stereocenters. The molecule has 0 radical (unpaired) electrons. The number of unbranched alkanes of at least 4 members (excludes halogenated alkanes) is 6. The highest BCUT2D eigenvalue weighted by Gasteiger charge is 1.94. The van der Waals surface area contributed by atoms with Gasteiger partial charge in [-0.05, 0) is 61.2 Å². The second-order valence-corrected chi connectivity index (χ2v) is 7.09. The Hall–Kier alpha value is -2.44. The molecule has 0 heterocycles. The molecular formula is C27H32. The molecule has 0 unspecified atom stereocenters. The maximum atomic E-state index is 3.28. The van der Waals surface area contributed by atoms with Crippen molar-refractivity contribution < 1.29 is 0 Å². The van der Waals surface area contributed by atoms with Crippen LogP contribution >= 0.6 is 0 Å². The molecule has 0 aliphatic heterocycles. The van der Waals surface area contributed by atoms with Crippen molar-refractivity contribution in [3.63, 3.8) is 0 Å². The fourth-order valence-corrected chi connectivity index (χ4v) is 2.92. The first kappa shape index (κ1) is 20.9. The monoisotopic (exact) mass is 356 g/mol. The van der Waals surface area contributed by atoms with Crippen molar-refractivity contribution in [2.45, 2.75) is 71.6 Å². The van der Waals surface area contributed by atoms with E-state index in [1.54, 1.807) is 0 Å². The third kappa shape index (κ3) is 8.66. The van der Waals surface area contributed by atoms with Gasteiger partial charge in [-0.3, -0.25) is 0 Å². The summed E-state index contributed by atoms with van der Waals surface area (Å²) in [6.07, 6.45) is 11.1. The van der Waals surface area contributed by atoms with Gasteiger partial charge in [0.25, 0.3) is 0 Å². The molecule has 0 saturated carbocycles. The van der Waals surface area contributed by atoms with Crippen LogP contribution in [0.2, 0.25) is 0 Å². The predicted molar refractivity (Wildman–Crippen MR) is 118 cm³/mol. The summed E-state index contributed by atoms with van der Waals surface area (Å²) in [7, 11) is 0. The van der Waals surface area contributed by atoms with E-state index in [0.29, 0.717) is 0 Å². The minimum atomic E-state index is 0.996. The summed E-state index contributed by atoms with van der Waals surface area (Å²) in [6, 6.07) is 16.9. The zero-order chi connectivity index (χ0) is 19.2. The highest BCUT2D eigenvalue weighted by Crippen LogP contribution is 2.09. The summed E-state index contributed by atoms with van der Waals surface area (Å²) in [5.74, 6) is 13.0. The van der Waals surface area contributed by atoms with Gasteiger partial charge in [-0.15, -0.1) is 0 Å². The quantitative estimate of drug-likeness (QED) is 0.348. The normalized spacial score (nSPS) is 9.85. The Morgan fingerprint density at radius 1 is 0.556 bits per heavy atom. The van der Waals surface area contributed by atoms with Gasteiger partial charge < -0.3 is 0 Å². The van der Waals surface area contributed by atoms with Crippen LogP contribution in [0.1, 0.15) is 87.5 Å². The van der Waals surface area contributed by atoms with Crippen LogP contribution < -0.4 is 0 Å². The van der Waals surface area contributed by atoms with Crippen LogP contribution in [0.5, 0.6) is 0 Å². The van der Waals surface area contributed by atoms with Gasteiger partial charge in [0.1, 0.15) is 0 Å². The smallest absolute Gasteiger partial charge is 0.0249 e. The molecule has 0 nitrogen and oxygen atoms in total. The van der Waals surface area contributed by atoms with Crippen molar-refractivity contribution in [2.24, 2.45) is 0 Å². The molecule has 27 heavy (non-hydrogen) atoms. The van der Waals surface area contributed by atoms with Crippen LogP contribution in [0, 0.1) is 23.7 Å². The molecule has 2 aromatic rings. The molecule has 0 amide bonds. The van der Waals surface area contributed by atoms with E-state index >= 15 is 0 Å². The minimum Gasteiger partial charge on any atom is -0.0979 e. The fraction of sp³-hybridized carbons (Fsp3) is 0.407. The van der Waals surface area contributed by atoms with E-state index < -0.39 is 0 Å². The molecule has 0 heteroatoms. The molecule has 0 N–H and O–H groups in total. The summed E-state index contributed by atoms with van der Waals surface area (Å²) in [5.41, 5.74) is 4.60. The summed E-state index contributed by atoms with van der Waals surface area (Å²) < 4.78 is 0. The van der Waals surface area contributed by atoms with E-state index in [4.69, 9.17) is 0 Å². The van der Waals surface area contributed by atoms with Gasteiger partial charge in [0.05, 0.1) is 0 Å². The molecule has 2 rings (SSSR count). The third-order valence-corrected chi connectivity index (χ3v) is 4.65. The summed E-state index contributed by atoms with van der Waals surface area (Å²) in [4.78, 5) is 0. The van der Waals surface area contributed by atoms with E-state index in [9.17, 15) is 0 Å². The zero-order valence-corrected chi connectivity index (χ0v) is 17.0. The number of hydrogen-bond acceptors (Lipinski definition) is 0. The van der Waals surface area contributed by atoms with Gasteiger partial charge in [-0.25, -0.2) is 0 Å². The molecule has 2 aromatic carbocycles. The van der Waals surface area contributed by atoms with Gasteiger partial charge in [-0.1, -0.05) is 81.8 Å². The van der Waals surface area contributed by atoms with E-state index in [1.165, 1.54) is 56.9 Å². The molecule has 0 spiro atoms. The Labute approximate surface area is 166 Å². The summed E-state index contributed by atoms with van der Waals surface area (Å²) in [6.45, 7) is 4.48. The lowest BCUT2D eigenvalue weighted by molar-refractivity contribution is 0.679. The van der Waals surface area contributed by atoms with Crippen molar-refractivity contribution in [3.8, 4) is 23.7 Å². The highest BCUT2D eigenvalue weighted by atomic mass is 14.0. The molecule has 0 fully saturated rings. The minimum absolute atomic E-state index is 0.996. The lowest BCUT2D eigenvalue weighted by atomic mass is 10.1. The van der Waals surface area contributed by atoms with Crippen molar-refractivity contribution in [2.75, 3.05) is 0 Å². The van der Waals surface area contributed by atoms with Crippen LogP contribution in [0.25, 0.3) is 0 Å². The largest absolute Gasteiger partial charge is 0.0979 e. The number of hydrogen-bond donors (Lipinski definition) is 0. The second-order valence-electron chi connectivity index (χ2n) is 7.09. The molecule has 0 bridgehead atoms. The van der Waals surface area contributed by atoms with Crippen LogP contribution in [0.4, 0.5) is 0 Å². The highest BCUT2D eigenvalue weighted by molar-refractivity contribution is 5.46. The number of aryl methyl sites for hydroxylation is 1. The Morgan fingerprint density at radius 3 is 1.67 bits per heavy atom. The summed E-state index contributed by atoms with van der Waals surface area (Å²) >= 11 is 0. The van der Waals surface area contributed by atoms with Crippen LogP contribution in [-0.4, -0.2) is 0 Å². The van der Waals surface area contributed by atoms with Crippen molar-refractivity contribution in [1.29, 1.82) is 0 Å². The first-order valence-electron chi connectivity index (χ1n) is 10.5. The van der Waals surface area contributed by atoms with Gasteiger partial charge in [0, 0.05) is 23.1 Å². The molecule has 0 saturated heterocycles. The maximum absolute atomic E-state index is 3.28. The fourth-order valence-electron chi connectivity index (χ4n) is 2.92. The lowest BCUT2D eigenvalue weighted by Gasteiger charge is -2.00. The summed E-state index contributed by atoms with van der Waals surface area (Å²) in [5, 5.41) is 0. The topological polar surface area (TPSA) is 0 Å². The van der Waals surface area contributed by atoms with E-state index in [-0.39, 0.29) is 0 Å². The zero-order valence-electron chi connectivity index (χ0n) is 17.0. The van der Waals surface area contributed by atoms with Crippen LogP contribution in [0.3, 0.4) is 0 Å². The average molecular weight is 357 g/mol. The first-order valence-corrected chi connectivity index (χ1v) is 10.5. The SMILES string of the molecule is CCCCCCC#Cc1ccc(C#Cc2ccc(CCCCC)cc2)cc1. The van der Waals surface area contributed by atoms with E-state index in [1.807, 2.05) is 0 Å². The Bertz CT molecular complexity index is 770. The Morgan fingerprint density at radius 2 is 1.07 bits per heavy atom. The predicted octanol–water partition coefficient (Wildman–Crippen LogP) is 7.14. The van der Waals surface area contributed by atoms with Crippen LogP contribution in [0.15, 0.2) is 48.5 Å². The average Bonchev–Trinajstić information content (AvgIpc) is 2.71. The lowest BCUT2D eigenvalue weighted by Crippen LogP contribution is -1.85. The number of rotatable bonds is 8. The molecular weight excluding hydrogens is 324 g/mol. The molecule has 0 aromatic heterocycles. The molecule has 0 aliphatic carbocycles. The Balaban J connectivity index is 1.85. The van der Waals surface area contributed by atoms with Gasteiger partial charge >= 0.3 is 0 Å².